The number of carbonyl (C=O) groups excluding carboxylic acids is 4. The van der Waals surface area contributed by atoms with Gasteiger partial charge < -0.3 is 48.5 Å². The molecule has 0 saturated carbocycles. The van der Waals surface area contributed by atoms with E-state index in [9.17, 15) is 39.6 Å². The molecule has 0 amide bonds. The van der Waals surface area contributed by atoms with Crippen LogP contribution in [0.3, 0.4) is 0 Å². The fourth-order valence-electron chi connectivity index (χ4n) is 7.58. The third kappa shape index (κ3) is 14.2. The predicted octanol–water partition coefficient (Wildman–Crippen LogP) is 7.13. The van der Waals surface area contributed by atoms with E-state index in [4.69, 9.17) is 28.1 Å². The monoisotopic (exact) mass is 875 g/mol. The van der Waals surface area contributed by atoms with Crippen molar-refractivity contribution in [1.29, 1.82) is 0 Å². The summed E-state index contributed by atoms with van der Waals surface area (Å²) in [5.41, 5.74) is -6.58. The van der Waals surface area contributed by atoms with Crippen molar-refractivity contribution >= 4 is 31.6 Å². The maximum atomic E-state index is 14.7. The zero-order valence-electron chi connectivity index (χ0n) is 38.8. The smallest absolute Gasteiger partial charge is 0.306 e. The van der Waals surface area contributed by atoms with Gasteiger partial charge in [-0.2, -0.15) is 0 Å². The Balaban J connectivity index is 2.81. The summed E-state index contributed by atoms with van der Waals surface area (Å²) in [6, 6.07) is 0. The molecule has 4 N–H and O–H groups in total. The van der Waals surface area contributed by atoms with Crippen LogP contribution in [0.2, 0.25) is 18.1 Å². The molecule has 2 saturated heterocycles. The maximum Gasteiger partial charge on any atom is 0.306 e. The molecule has 350 valence electrons. The first kappa shape index (κ1) is 54.5. The summed E-state index contributed by atoms with van der Waals surface area (Å²) >= 11 is 0. The van der Waals surface area contributed by atoms with Crippen LogP contribution < -0.4 is 0 Å². The minimum atomic E-state index is -3.29. The standard InChI is InChI=1S/C45H82O14Si/c1-12-16-20-21-25-29-35(49)55-39-41(57-40(51)37-32(58-43(8,9)59-37)30-54-60(10,11)42(5,6)7)56-38(36(50)31(46)26-22-17-13-2)44(52,33(47)27-23-18-14-3)45(39,53)34(48)28-24-19-15-4/h32,36-41,50-53H,12-30H2,1-11H3/t32-,36?,37+,38-,39-,40?,41+,44-,45-/m1/s1. The van der Waals surface area contributed by atoms with Crippen molar-refractivity contribution in [3.05, 3.63) is 0 Å². The zero-order chi connectivity index (χ0) is 45.5. The molecule has 9 atom stereocenters. The molecular formula is C45H82O14Si. The number of aliphatic hydroxyl groups excluding tert-OH is 2. The van der Waals surface area contributed by atoms with Gasteiger partial charge in [0.25, 0.3) is 0 Å². The van der Waals surface area contributed by atoms with Gasteiger partial charge in [-0.3, -0.25) is 19.2 Å². The number of esters is 1. The fourth-order valence-corrected chi connectivity index (χ4v) is 8.60. The van der Waals surface area contributed by atoms with Crippen LogP contribution in [-0.2, 0) is 47.3 Å². The molecule has 2 fully saturated rings. The summed E-state index contributed by atoms with van der Waals surface area (Å²) in [5.74, 6) is -5.02. The highest BCUT2D eigenvalue weighted by atomic mass is 28.4. The van der Waals surface area contributed by atoms with Gasteiger partial charge in [-0.25, -0.2) is 0 Å². The first-order valence-corrected chi connectivity index (χ1v) is 25.8. The number of aliphatic hydroxyl groups is 4. The van der Waals surface area contributed by atoms with Gasteiger partial charge in [0.05, 0.1) is 6.61 Å². The number of Topliss-reactive ketones (excluding diaryl/α,β-unsaturated/α-hetero) is 3. The minimum absolute atomic E-state index is 0.00639. The van der Waals surface area contributed by atoms with Crippen LogP contribution in [0.15, 0.2) is 0 Å². The SMILES string of the molecule is CCCCCCCC(=O)O[C@@H]1[C@H](OC(O)[C@H]2OC(C)(C)O[C@@H]2CO[Si](C)(C)C(C)(C)C)O[C@H](C(O)C(=O)CCCCC)[C@](O)(C(=O)CCCCC)[C@@]1(O)C(=O)CCCCC. The van der Waals surface area contributed by atoms with Gasteiger partial charge in [0.15, 0.2) is 49.4 Å². The second-order valence-corrected chi connectivity index (χ2v) is 23.7. The summed E-state index contributed by atoms with van der Waals surface area (Å²) in [6.45, 7) is 21.5. The Bertz CT molecular complexity index is 1350. The van der Waals surface area contributed by atoms with Crippen molar-refractivity contribution < 1.29 is 67.7 Å². The lowest BCUT2D eigenvalue weighted by Gasteiger charge is -2.55. The Labute approximate surface area is 361 Å². The van der Waals surface area contributed by atoms with Crippen LogP contribution in [0.5, 0.6) is 0 Å². The van der Waals surface area contributed by atoms with Gasteiger partial charge in [-0.15, -0.1) is 0 Å². The highest BCUT2D eigenvalue weighted by molar-refractivity contribution is 6.74. The van der Waals surface area contributed by atoms with Crippen molar-refractivity contribution in [2.75, 3.05) is 6.61 Å². The molecule has 0 bridgehead atoms. The molecule has 60 heavy (non-hydrogen) atoms. The van der Waals surface area contributed by atoms with Crippen molar-refractivity contribution in [2.24, 2.45) is 0 Å². The molecular weight excluding hydrogens is 793 g/mol. The Kier molecular flexibility index (Phi) is 22.2. The molecule has 2 unspecified atom stereocenters. The number of ether oxygens (including phenoxy) is 5. The van der Waals surface area contributed by atoms with E-state index >= 15 is 0 Å². The first-order valence-electron chi connectivity index (χ1n) is 22.9. The molecule has 14 nitrogen and oxygen atoms in total. The van der Waals surface area contributed by atoms with Gasteiger partial charge in [0.2, 0.25) is 11.9 Å². The molecule has 0 aliphatic carbocycles. The predicted molar refractivity (Wildman–Crippen MR) is 229 cm³/mol. The van der Waals surface area contributed by atoms with E-state index in [1.165, 1.54) is 0 Å². The number of carbonyl (C=O) groups is 4. The molecule has 2 aliphatic rings. The summed E-state index contributed by atoms with van der Waals surface area (Å²) in [4.78, 5) is 56.5. The lowest BCUT2D eigenvalue weighted by atomic mass is 9.64. The quantitative estimate of drug-likeness (QED) is 0.0256. The number of hydrogen-bond acceptors (Lipinski definition) is 14. The number of hydrogen-bond donors (Lipinski definition) is 4. The van der Waals surface area contributed by atoms with E-state index in [1.807, 2.05) is 20.8 Å². The lowest BCUT2D eigenvalue weighted by Crippen LogP contribution is -2.82. The molecule has 2 rings (SSSR count). The molecule has 0 aromatic carbocycles. The second-order valence-electron chi connectivity index (χ2n) is 18.9. The number of rotatable bonds is 29. The summed E-state index contributed by atoms with van der Waals surface area (Å²) in [7, 11) is -2.33. The molecule has 0 radical (unpaired) electrons. The summed E-state index contributed by atoms with van der Waals surface area (Å²) in [5, 5.41) is 49.4. The van der Waals surface area contributed by atoms with Crippen molar-refractivity contribution in [3.63, 3.8) is 0 Å². The van der Waals surface area contributed by atoms with Crippen LogP contribution in [0.25, 0.3) is 0 Å². The Hall–Kier alpha value is -1.66. The molecule has 2 heterocycles. The average molecular weight is 875 g/mol. The third-order valence-electron chi connectivity index (χ3n) is 12.4. The minimum Gasteiger partial charge on any atom is -0.453 e. The van der Waals surface area contributed by atoms with Gasteiger partial charge in [-0.1, -0.05) is 113 Å². The highest BCUT2D eigenvalue weighted by Gasteiger charge is 2.74. The topological polar surface area (TPSA) is 205 Å². The normalized spacial score (nSPS) is 28.0. The van der Waals surface area contributed by atoms with E-state index in [0.717, 1.165) is 25.7 Å². The third-order valence-corrected chi connectivity index (χ3v) is 16.9. The van der Waals surface area contributed by atoms with E-state index in [2.05, 4.69) is 40.8 Å². The Morgan fingerprint density at radius 3 is 1.72 bits per heavy atom. The summed E-state index contributed by atoms with van der Waals surface area (Å²) < 4.78 is 37.0. The van der Waals surface area contributed by atoms with E-state index < -0.39 is 91.7 Å². The highest BCUT2D eigenvalue weighted by Crippen LogP contribution is 2.46. The molecule has 0 spiro atoms. The van der Waals surface area contributed by atoms with Gasteiger partial charge in [-0.05, 0) is 57.7 Å². The van der Waals surface area contributed by atoms with Crippen LogP contribution in [-0.4, -0.2) is 119 Å². The van der Waals surface area contributed by atoms with Gasteiger partial charge in [0, 0.05) is 25.7 Å². The van der Waals surface area contributed by atoms with Crippen LogP contribution >= 0.6 is 0 Å². The molecule has 15 heteroatoms. The van der Waals surface area contributed by atoms with E-state index in [0.29, 0.717) is 51.4 Å². The first-order chi connectivity index (χ1) is 28.0. The van der Waals surface area contributed by atoms with E-state index in [1.54, 1.807) is 13.8 Å². The van der Waals surface area contributed by atoms with Crippen molar-refractivity contribution in [3.8, 4) is 0 Å². The van der Waals surface area contributed by atoms with E-state index in [-0.39, 0.29) is 50.2 Å². The molecule has 2 aliphatic heterocycles. The van der Waals surface area contributed by atoms with Crippen LogP contribution in [0.4, 0.5) is 0 Å². The Morgan fingerprint density at radius 1 is 0.700 bits per heavy atom. The maximum absolute atomic E-state index is 14.7. The average Bonchev–Trinajstić information content (AvgIpc) is 3.50. The number of unbranched alkanes of at least 4 members (excludes halogenated alkanes) is 10. The Morgan fingerprint density at radius 2 is 1.18 bits per heavy atom. The van der Waals surface area contributed by atoms with Gasteiger partial charge >= 0.3 is 5.97 Å². The van der Waals surface area contributed by atoms with Crippen molar-refractivity contribution in [2.45, 2.75) is 256 Å². The van der Waals surface area contributed by atoms with Crippen LogP contribution in [0.1, 0.15) is 178 Å². The second kappa shape index (κ2) is 24.4. The summed E-state index contributed by atoms with van der Waals surface area (Å²) in [6.07, 6.45) is -5.25. The van der Waals surface area contributed by atoms with Crippen LogP contribution in [0, 0.1) is 0 Å². The lowest BCUT2D eigenvalue weighted by molar-refractivity contribution is -0.377. The zero-order valence-corrected chi connectivity index (χ0v) is 39.8. The molecule has 0 aromatic rings. The number of ketones is 3. The largest absolute Gasteiger partial charge is 0.453 e. The fraction of sp³-hybridized carbons (Fsp3) is 0.911. The van der Waals surface area contributed by atoms with Crippen molar-refractivity contribution in [1.82, 2.24) is 0 Å². The van der Waals surface area contributed by atoms with Gasteiger partial charge in [0.1, 0.15) is 24.4 Å². The molecule has 0 aromatic heterocycles.